The molecule has 0 aliphatic carbocycles. The number of fused-ring (bicyclic) bond motifs is 1. The van der Waals surface area contributed by atoms with E-state index >= 15 is 0 Å². The van der Waals surface area contributed by atoms with Gasteiger partial charge in [-0.15, -0.1) is 11.3 Å². The van der Waals surface area contributed by atoms with Crippen molar-refractivity contribution in [2.45, 2.75) is 12.3 Å². The average Bonchev–Trinajstić information content (AvgIpc) is 3.15. The van der Waals surface area contributed by atoms with Gasteiger partial charge in [0, 0.05) is 33.7 Å². The van der Waals surface area contributed by atoms with Gasteiger partial charge in [0.2, 0.25) is 5.91 Å². The Bertz CT molecular complexity index is 1010. The van der Waals surface area contributed by atoms with Crippen LogP contribution in [0.15, 0.2) is 66.6 Å². The first-order chi connectivity index (χ1) is 13.7. The van der Waals surface area contributed by atoms with E-state index in [-0.39, 0.29) is 11.8 Å². The summed E-state index contributed by atoms with van der Waals surface area (Å²) in [7, 11) is 1.66. The third-order valence-electron chi connectivity index (χ3n) is 4.84. The maximum atomic E-state index is 12.5. The Balaban J connectivity index is 1.71. The molecule has 1 N–H and O–H groups in total. The Hall–Kier alpha value is -3.05. The third kappa shape index (κ3) is 3.41. The Morgan fingerprint density at radius 1 is 1.18 bits per heavy atom. The highest BCUT2D eigenvalue weighted by molar-refractivity contribution is 7.11. The Labute approximate surface area is 168 Å². The van der Waals surface area contributed by atoms with Crippen molar-refractivity contribution in [3.63, 3.8) is 0 Å². The van der Waals surface area contributed by atoms with Gasteiger partial charge >= 0.3 is 0 Å². The topological polar surface area (TPSA) is 47.6 Å². The molecule has 2 heterocycles. The number of methoxy groups -OCH3 is 1. The van der Waals surface area contributed by atoms with Crippen LogP contribution in [-0.2, 0) is 4.79 Å². The molecule has 142 valence electrons. The van der Waals surface area contributed by atoms with Crippen LogP contribution in [0, 0.1) is 0 Å². The predicted octanol–water partition coefficient (Wildman–Crippen LogP) is 5.46. The number of amides is 1. The van der Waals surface area contributed by atoms with Crippen molar-refractivity contribution in [1.82, 2.24) is 0 Å². The van der Waals surface area contributed by atoms with E-state index in [9.17, 15) is 4.79 Å². The number of hydrogen-bond acceptors (Lipinski definition) is 4. The highest BCUT2D eigenvalue weighted by atomic mass is 32.1. The maximum Gasteiger partial charge on any atom is 0.225 e. The fourth-order valence-corrected chi connectivity index (χ4v) is 4.67. The minimum Gasteiger partial charge on any atom is -0.496 e. The molecule has 0 saturated heterocycles. The van der Waals surface area contributed by atoms with E-state index < -0.39 is 0 Å². The fourth-order valence-electron chi connectivity index (χ4n) is 3.51. The van der Waals surface area contributed by atoms with E-state index in [1.807, 2.05) is 48.5 Å². The Morgan fingerprint density at radius 2 is 1.96 bits per heavy atom. The molecule has 0 spiro atoms. The molecular weight excluding hydrogens is 370 g/mol. The molecular formula is C23H21NO3S. The van der Waals surface area contributed by atoms with Crippen LogP contribution in [0.1, 0.15) is 22.8 Å². The molecule has 5 heteroatoms. The number of thiophene rings is 1. The molecule has 0 radical (unpaired) electrons. The van der Waals surface area contributed by atoms with Gasteiger partial charge < -0.3 is 14.8 Å². The summed E-state index contributed by atoms with van der Waals surface area (Å²) in [6.07, 6.45) is 2.16. The van der Waals surface area contributed by atoms with Crippen LogP contribution in [0.4, 0.5) is 5.69 Å². The lowest BCUT2D eigenvalue weighted by Crippen LogP contribution is -2.22. The van der Waals surface area contributed by atoms with Gasteiger partial charge in [-0.25, -0.2) is 0 Å². The molecule has 1 aromatic heterocycles. The standard InChI is InChI=1S/C23H21NO3S/c1-3-12-27-16-10-8-15(9-11-16)18-13-21(25)24-22-19(14-28-23(18)22)17-6-4-5-7-20(17)26-2/h3-11,14,18H,1,12-13H2,2H3,(H,24,25)/t18-/m1/s1. The van der Waals surface area contributed by atoms with Gasteiger partial charge in [-0.05, 0) is 23.8 Å². The fraction of sp³-hybridized carbons (Fsp3) is 0.174. The molecule has 1 amide bonds. The molecule has 0 bridgehead atoms. The Morgan fingerprint density at radius 3 is 2.71 bits per heavy atom. The summed E-state index contributed by atoms with van der Waals surface area (Å²) in [6.45, 7) is 4.14. The summed E-state index contributed by atoms with van der Waals surface area (Å²) in [5, 5.41) is 5.18. The van der Waals surface area contributed by atoms with E-state index in [4.69, 9.17) is 9.47 Å². The van der Waals surface area contributed by atoms with E-state index in [2.05, 4.69) is 17.3 Å². The van der Waals surface area contributed by atoms with Crippen LogP contribution in [0.5, 0.6) is 11.5 Å². The highest BCUT2D eigenvalue weighted by Gasteiger charge is 2.31. The zero-order valence-corrected chi connectivity index (χ0v) is 16.4. The lowest BCUT2D eigenvalue weighted by molar-refractivity contribution is -0.116. The molecule has 0 unspecified atom stereocenters. The van der Waals surface area contributed by atoms with E-state index in [1.54, 1.807) is 24.5 Å². The third-order valence-corrected chi connectivity index (χ3v) is 5.93. The van der Waals surface area contributed by atoms with E-state index in [0.29, 0.717) is 13.0 Å². The summed E-state index contributed by atoms with van der Waals surface area (Å²) in [5.74, 6) is 1.65. The molecule has 4 nitrogen and oxygen atoms in total. The van der Waals surface area contributed by atoms with Crippen molar-refractivity contribution < 1.29 is 14.3 Å². The number of nitrogens with one attached hydrogen (secondary N) is 1. The monoisotopic (exact) mass is 391 g/mol. The molecule has 1 aliphatic heterocycles. The molecule has 3 aromatic rings. The second-order valence-corrected chi connectivity index (χ2v) is 7.47. The first-order valence-corrected chi connectivity index (χ1v) is 9.97. The van der Waals surface area contributed by atoms with Crippen LogP contribution in [0.3, 0.4) is 0 Å². The second kappa shape index (κ2) is 7.90. The minimum absolute atomic E-state index is 0.0269. The molecule has 0 fully saturated rings. The van der Waals surface area contributed by atoms with Gasteiger partial charge in [0.1, 0.15) is 18.1 Å². The number of ether oxygens (including phenoxy) is 2. The Kier molecular flexibility index (Phi) is 5.17. The van der Waals surface area contributed by atoms with Crippen molar-refractivity contribution in [1.29, 1.82) is 0 Å². The molecule has 2 aromatic carbocycles. The number of carbonyl (C=O) groups excluding carboxylic acids is 1. The van der Waals surface area contributed by atoms with Crippen molar-refractivity contribution in [2.24, 2.45) is 0 Å². The van der Waals surface area contributed by atoms with Gasteiger partial charge in [-0.2, -0.15) is 0 Å². The second-order valence-electron chi connectivity index (χ2n) is 6.56. The zero-order chi connectivity index (χ0) is 19.5. The quantitative estimate of drug-likeness (QED) is 0.568. The maximum absolute atomic E-state index is 12.5. The van der Waals surface area contributed by atoms with Crippen LogP contribution >= 0.6 is 11.3 Å². The number of carbonyl (C=O) groups is 1. The van der Waals surface area contributed by atoms with Gasteiger partial charge in [-0.1, -0.05) is 43.0 Å². The van der Waals surface area contributed by atoms with Crippen LogP contribution < -0.4 is 14.8 Å². The van der Waals surface area contributed by atoms with Crippen molar-refractivity contribution in [3.05, 3.63) is 77.0 Å². The normalized spacial score (nSPS) is 15.5. The van der Waals surface area contributed by atoms with E-state index in [1.165, 1.54) is 4.88 Å². The van der Waals surface area contributed by atoms with Crippen LogP contribution in [0.2, 0.25) is 0 Å². The summed E-state index contributed by atoms with van der Waals surface area (Å²) in [6, 6.07) is 15.8. The summed E-state index contributed by atoms with van der Waals surface area (Å²) < 4.78 is 11.1. The molecule has 1 aliphatic rings. The van der Waals surface area contributed by atoms with E-state index in [0.717, 1.165) is 33.9 Å². The summed E-state index contributed by atoms with van der Waals surface area (Å²) >= 11 is 1.67. The lowest BCUT2D eigenvalue weighted by atomic mass is 9.89. The first kappa shape index (κ1) is 18.3. The van der Waals surface area contributed by atoms with Gasteiger partial charge in [0.05, 0.1) is 12.8 Å². The molecule has 0 saturated carbocycles. The van der Waals surface area contributed by atoms with Crippen LogP contribution in [-0.4, -0.2) is 19.6 Å². The van der Waals surface area contributed by atoms with Crippen molar-refractivity contribution >= 4 is 22.9 Å². The molecule has 4 rings (SSSR count). The first-order valence-electron chi connectivity index (χ1n) is 9.09. The van der Waals surface area contributed by atoms with Gasteiger partial charge in [0.15, 0.2) is 0 Å². The summed E-state index contributed by atoms with van der Waals surface area (Å²) in [4.78, 5) is 13.6. The van der Waals surface area contributed by atoms with Crippen molar-refractivity contribution in [2.75, 3.05) is 19.0 Å². The highest BCUT2D eigenvalue weighted by Crippen LogP contribution is 2.48. The lowest BCUT2D eigenvalue weighted by Gasteiger charge is -2.24. The number of anilines is 1. The van der Waals surface area contributed by atoms with Gasteiger partial charge in [0.25, 0.3) is 0 Å². The summed E-state index contributed by atoms with van der Waals surface area (Å²) in [5.41, 5.74) is 3.98. The SMILES string of the molecule is C=CCOc1ccc([C@H]2CC(=O)Nc3c(-c4ccccc4OC)csc32)cc1. The number of benzene rings is 2. The molecule has 28 heavy (non-hydrogen) atoms. The zero-order valence-electron chi connectivity index (χ0n) is 15.6. The van der Waals surface area contributed by atoms with Crippen LogP contribution in [0.25, 0.3) is 11.1 Å². The minimum atomic E-state index is 0.0269. The van der Waals surface area contributed by atoms with Crippen molar-refractivity contribution in [3.8, 4) is 22.6 Å². The molecule has 1 atom stereocenters. The van der Waals surface area contributed by atoms with Gasteiger partial charge in [-0.3, -0.25) is 4.79 Å². The smallest absolute Gasteiger partial charge is 0.225 e. The number of para-hydroxylation sites is 1. The number of rotatable bonds is 6. The number of hydrogen-bond donors (Lipinski definition) is 1. The largest absolute Gasteiger partial charge is 0.496 e. The average molecular weight is 391 g/mol. The predicted molar refractivity (Wildman–Crippen MR) is 114 cm³/mol.